The first-order valence-corrected chi connectivity index (χ1v) is 9.94. The minimum atomic E-state index is -0.728. The monoisotopic (exact) mass is 362 g/mol. The van der Waals surface area contributed by atoms with Gasteiger partial charge in [-0.3, -0.25) is 4.79 Å². The first-order valence-electron chi connectivity index (χ1n) is 9.94. The molecule has 1 aliphatic rings. The third-order valence-corrected chi connectivity index (χ3v) is 5.15. The molecule has 1 atom stereocenters. The van der Waals surface area contributed by atoms with Crippen LogP contribution >= 0.6 is 0 Å². The number of hydrogen-bond donors (Lipinski definition) is 1. The number of benzene rings is 1. The highest BCUT2D eigenvalue weighted by atomic mass is 16.5. The second-order valence-corrected chi connectivity index (χ2v) is 7.02. The molecule has 5 heteroatoms. The van der Waals surface area contributed by atoms with Crippen molar-refractivity contribution < 1.29 is 14.3 Å². The van der Waals surface area contributed by atoms with Crippen LogP contribution in [0.15, 0.2) is 24.3 Å². The molecule has 1 saturated carbocycles. The Morgan fingerprint density at radius 3 is 2.38 bits per heavy atom. The molecule has 2 rings (SSSR count). The number of nitrogens with zero attached hydrogens (tertiary/aromatic N) is 1. The lowest BCUT2D eigenvalue weighted by molar-refractivity contribution is -0.141. The number of rotatable bonds is 12. The Bertz CT molecular complexity index is 553. The van der Waals surface area contributed by atoms with Crippen molar-refractivity contribution in [1.82, 2.24) is 4.90 Å². The van der Waals surface area contributed by atoms with Crippen molar-refractivity contribution in [2.75, 3.05) is 38.2 Å². The maximum Gasteiger partial charge on any atom is 0.256 e. The molecule has 0 spiro atoms. The van der Waals surface area contributed by atoms with Crippen LogP contribution in [-0.2, 0) is 9.53 Å². The van der Waals surface area contributed by atoms with Crippen LogP contribution in [-0.4, -0.2) is 49.3 Å². The predicted molar refractivity (Wildman–Crippen MR) is 106 cm³/mol. The molecule has 1 N–H and O–H groups in total. The summed E-state index contributed by atoms with van der Waals surface area (Å²) in [4.78, 5) is 15.0. The van der Waals surface area contributed by atoms with Crippen LogP contribution < -0.4 is 10.1 Å². The molecular weight excluding hydrogens is 328 g/mol. The minimum absolute atomic E-state index is 0.0604. The first-order chi connectivity index (χ1) is 12.5. The van der Waals surface area contributed by atoms with Crippen LogP contribution in [0.4, 0.5) is 5.69 Å². The van der Waals surface area contributed by atoms with E-state index in [0.717, 1.165) is 50.3 Å². The van der Waals surface area contributed by atoms with Crippen molar-refractivity contribution in [1.29, 1.82) is 0 Å². The Morgan fingerprint density at radius 2 is 1.85 bits per heavy atom. The van der Waals surface area contributed by atoms with Gasteiger partial charge < -0.3 is 19.7 Å². The molecule has 1 aromatic carbocycles. The fraction of sp³-hybridized carbons (Fsp3) is 0.667. The van der Waals surface area contributed by atoms with E-state index in [1.165, 1.54) is 0 Å². The summed E-state index contributed by atoms with van der Waals surface area (Å²) in [5, 5.41) is 2.99. The highest BCUT2D eigenvalue weighted by Crippen LogP contribution is 2.42. The molecule has 1 aliphatic carbocycles. The Balaban J connectivity index is 1.80. The zero-order valence-corrected chi connectivity index (χ0v) is 16.7. The van der Waals surface area contributed by atoms with E-state index in [1.54, 1.807) is 0 Å². The van der Waals surface area contributed by atoms with Crippen molar-refractivity contribution in [3.63, 3.8) is 0 Å². The van der Waals surface area contributed by atoms with Gasteiger partial charge in [0.15, 0.2) is 0 Å². The van der Waals surface area contributed by atoms with Crippen LogP contribution in [0.5, 0.6) is 5.75 Å². The molecule has 26 heavy (non-hydrogen) atoms. The van der Waals surface area contributed by atoms with Gasteiger partial charge in [0.1, 0.15) is 11.4 Å². The molecule has 0 aliphatic heterocycles. The van der Waals surface area contributed by atoms with Crippen molar-refractivity contribution in [3.8, 4) is 5.75 Å². The standard InChI is InChI=1S/C21H34N2O3/c1-5-23(6-2)15-8-16-25-19-13-11-18(12-14-19)22-20(24)21(4,26-7-3)17-9-10-17/h11-14,17H,5-10,15-16H2,1-4H3,(H,22,24). The van der Waals surface area contributed by atoms with Crippen molar-refractivity contribution in [2.24, 2.45) is 5.92 Å². The zero-order chi connectivity index (χ0) is 19.0. The van der Waals surface area contributed by atoms with E-state index in [0.29, 0.717) is 19.1 Å². The van der Waals surface area contributed by atoms with E-state index in [2.05, 4.69) is 24.1 Å². The summed E-state index contributed by atoms with van der Waals surface area (Å²) < 4.78 is 11.6. The van der Waals surface area contributed by atoms with Crippen LogP contribution in [0.2, 0.25) is 0 Å². The lowest BCUT2D eigenvalue weighted by atomic mass is 9.99. The molecule has 146 valence electrons. The molecule has 0 heterocycles. The van der Waals surface area contributed by atoms with Crippen LogP contribution in [0.3, 0.4) is 0 Å². The molecule has 0 radical (unpaired) electrons. The molecule has 1 fully saturated rings. The van der Waals surface area contributed by atoms with Crippen LogP contribution in [0.1, 0.15) is 47.0 Å². The predicted octanol–water partition coefficient (Wildman–Crippen LogP) is 3.94. The third-order valence-electron chi connectivity index (χ3n) is 5.15. The SMILES string of the molecule is CCOC(C)(C(=O)Nc1ccc(OCCCN(CC)CC)cc1)C1CC1. The number of ether oxygens (including phenoxy) is 2. The van der Waals surface area contributed by atoms with Gasteiger partial charge in [-0.1, -0.05) is 13.8 Å². The quantitative estimate of drug-likeness (QED) is 0.572. The van der Waals surface area contributed by atoms with E-state index >= 15 is 0 Å². The van der Waals surface area contributed by atoms with Crippen molar-refractivity contribution >= 4 is 11.6 Å². The fourth-order valence-corrected chi connectivity index (χ4v) is 3.21. The van der Waals surface area contributed by atoms with E-state index in [-0.39, 0.29) is 5.91 Å². The number of carbonyl (C=O) groups excluding carboxylic acids is 1. The number of amides is 1. The lowest BCUT2D eigenvalue weighted by Crippen LogP contribution is -2.44. The molecule has 0 saturated heterocycles. The van der Waals surface area contributed by atoms with Gasteiger partial charge in [0.25, 0.3) is 5.91 Å². The average molecular weight is 363 g/mol. The second-order valence-electron chi connectivity index (χ2n) is 7.02. The second kappa shape index (κ2) is 9.93. The number of carbonyl (C=O) groups is 1. The van der Waals surface area contributed by atoms with Gasteiger partial charge in [-0.15, -0.1) is 0 Å². The third kappa shape index (κ3) is 5.71. The van der Waals surface area contributed by atoms with Gasteiger partial charge >= 0.3 is 0 Å². The van der Waals surface area contributed by atoms with E-state index in [9.17, 15) is 4.79 Å². The van der Waals surface area contributed by atoms with E-state index in [1.807, 2.05) is 38.1 Å². The van der Waals surface area contributed by atoms with Crippen molar-refractivity contribution in [3.05, 3.63) is 24.3 Å². The summed E-state index contributed by atoms with van der Waals surface area (Å²) in [6, 6.07) is 7.58. The highest BCUT2D eigenvalue weighted by Gasteiger charge is 2.48. The number of hydrogen-bond acceptors (Lipinski definition) is 4. The summed E-state index contributed by atoms with van der Waals surface area (Å²) >= 11 is 0. The largest absolute Gasteiger partial charge is 0.494 e. The highest BCUT2D eigenvalue weighted by molar-refractivity contribution is 5.97. The smallest absolute Gasteiger partial charge is 0.256 e. The Hall–Kier alpha value is -1.59. The first kappa shape index (κ1) is 20.7. The summed E-state index contributed by atoms with van der Waals surface area (Å²) in [7, 11) is 0. The van der Waals surface area contributed by atoms with Gasteiger partial charge in [-0.25, -0.2) is 0 Å². The summed E-state index contributed by atoms with van der Waals surface area (Å²) in [5.74, 6) is 1.10. The Kier molecular flexibility index (Phi) is 7.91. The molecule has 1 aromatic rings. The fourth-order valence-electron chi connectivity index (χ4n) is 3.21. The van der Waals surface area contributed by atoms with E-state index in [4.69, 9.17) is 9.47 Å². The molecule has 0 bridgehead atoms. The molecule has 1 unspecified atom stereocenters. The topological polar surface area (TPSA) is 50.8 Å². The molecule has 5 nitrogen and oxygen atoms in total. The summed E-state index contributed by atoms with van der Waals surface area (Å²) in [6.45, 7) is 12.6. The molecular formula is C21H34N2O3. The van der Waals surface area contributed by atoms with Gasteiger partial charge in [-0.05, 0) is 76.4 Å². The zero-order valence-electron chi connectivity index (χ0n) is 16.7. The number of nitrogens with one attached hydrogen (secondary N) is 1. The maximum absolute atomic E-state index is 12.7. The molecule has 1 amide bonds. The van der Waals surface area contributed by atoms with E-state index < -0.39 is 5.60 Å². The Labute approximate surface area is 158 Å². The van der Waals surface area contributed by atoms with Gasteiger partial charge in [0, 0.05) is 18.8 Å². The van der Waals surface area contributed by atoms with Crippen LogP contribution in [0.25, 0.3) is 0 Å². The molecule has 0 aromatic heterocycles. The average Bonchev–Trinajstić information content (AvgIpc) is 3.49. The van der Waals surface area contributed by atoms with Crippen LogP contribution in [0, 0.1) is 5.92 Å². The minimum Gasteiger partial charge on any atom is -0.494 e. The van der Waals surface area contributed by atoms with Gasteiger partial charge in [0.2, 0.25) is 0 Å². The summed E-state index contributed by atoms with van der Waals surface area (Å²) in [6.07, 6.45) is 3.13. The lowest BCUT2D eigenvalue weighted by Gasteiger charge is -2.28. The Morgan fingerprint density at radius 1 is 1.19 bits per heavy atom. The van der Waals surface area contributed by atoms with Crippen molar-refractivity contribution in [2.45, 2.75) is 52.6 Å². The normalized spacial score (nSPS) is 16.3. The van der Waals surface area contributed by atoms with Gasteiger partial charge in [0.05, 0.1) is 6.61 Å². The number of anilines is 1. The van der Waals surface area contributed by atoms with Gasteiger partial charge in [-0.2, -0.15) is 0 Å². The maximum atomic E-state index is 12.7. The summed E-state index contributed by atoms with van der Waals surface area (Å²) in [5.41, 5.74) is 0.0472.